The number of carboxylic acids is 1. The predicted octanol–water partition coefficient (Wildman–Crippen LogP) is 2.21. The van der Waals surface area contributed by atoms with Crippen LogP contribution in [0.1, 0.15) is 22.3 Å². The van der Waals surface area contributed by atoms with Crippen LogP contribution in [-0.4, -0.2) is 50.8 Å². The molecule has 0 aliphatic carbocycles. The van der Waals surface area contributed by atoms with E-state index in [-0.39, 0.29) is 35.7 Å². The van der Waals surface area contributed by atoms with Crippen LogP contribution in [0.15, 0.2) is 42.1 Å². The number of halogens is 1. The lowest BCUT2D eigenvalue weighted by Crippen LogP contribution is -2.35. The van der Waals surface area contributed by atoms with Crippen molar-refractivity contribution >= 4 is 23.9 Å². The van der Waals surface area contributed by atoms with E-state index in [1.54, 1.807) is 0 Å². The number of benzene rings is 2. The number of carboxylic acid groups (broad SMARTS) is 1. The van der Waals surface area contributed by atoms with Crippen molar-refractivity contribution in [2.24, 2.45) is 0 Å². The molecule has 32 heavy (non-hydrogen) atoms. The molecule has 0 aromatic heterocycles. The van der Waals surface area contributed by atoms with Gasteiger partial charge in [0.2, 0.25) is 5.75 Å². The molecule has 9 nitrogen and oxygen atoms in total. The van der Waals surface area contributed by atoms with Gasteiger partial charge in [-0.05, 0) is 35.9 Å². The third kappa shape index (κ3) is 6.46. The summed E-state index contributed by atoms with van der Waals surface area (Å²) < 4.78 is 28.9. The predicted molar refractivity (Wildman–Crippen MR) is 113 cm³/mol. The van der Waals surface area contributed by atoms with Crippen molar-refractivity contribution in [3.63, 3.8) is 0 Å². The molecule has 0 bridgehead atoms. The fourth-order valence-corrected chi connectivity index (χ4v) is 2.67. The maximum absolute atomic E-state index is 13.2. The van der Waals surface area contributed by atoms with E-state index in [1.807, 2.05) is 0 Å². The molecule has 170 valence electrons. The van der Waals surface area contributed by atoms with Gasteiger partial charge in [0.1, 0.15) is 11.5 Å². The molecule has 0 fully saturated rings. The molecule has 2 aromatic carbocycles. The number of methoxy groups -OCH3 is 3. The lowest BCUT2D eigenvalue weighted by molar-refractivity contribution is -0.136. The third-order valence-corrected chi connectivity index (χ3v) is 4.23. The maximum atomic E-state index is 13.2. The van der Waals surface area contributed by atoms with Crippen LogP contribution in [0.5, 0.6) is 17.2 Å². The molecule has 0 spiro atoms. The second-order valence-corrected chi connectivity index (χ2v) is 6.38. The number of ether oxygens (including phenoxy) is 3. The van der Waals surface area contributed by atoms with Crippen LogP contribution < -0.4 is 24.8 Å². The Hall–Kier alpha value is -4.08. The van der Waals surface area contributed by atoms with E-state index in [9.17, 15) is 18.8 Å². The monoisotopic (exact) mass is 446 g/mol. The summed E-state index contributed by atoms with van der Waals surface area (Å²) in [6, 6.07) is 8.07. The van der Waals surface area contributed by atoms with Crippen LogP contribution in [0, 0.1) is 5.82 Å². The number of amides is 2. The average Bonchev–Trinajstić information content (AvgIpc) is 2.78. The van der Waals surface area contributed by atoms with Crippen LogP contribution >= 0.6 is 0 Å². The van der Waals surface area contributed by atoms with Crippen LogP contribution in [0.25, 0.3) is 6.08 Å². The molecule has 0 saturated carbocycles. The van der Waals surface area contributed by atoms with Crippen LogP contribution in [0.4, 0.5) is 4.39 Å². The Labute approximate surface area is 183 Å². The molecule has 0 atom stereocenters. The first-order valence-electron chi connectivity index (χ1n) is 9.37. The molecular weight excluding hydrogens is 423 g/mol. The second kappa shape index (κ2) is 11.3. The molecule has 0 unspecified atom stereocenters. The van der Waals surface area contributed by atoms with Gasteiger partial charge in [0, 0.05) is 12.1 Å². The molecule has 0 aliphatic rings. The fraction of sp³-hybridized carbons (Fsp3) is 0.227. The van der Waals surface area contributed by atoms with Gasteiger partial charge in [-0.25, -0.2) is 4.39 Å². The first kappa shape index (κ1) is 24.2. The zero-order valence-corrected chi connectivity index (χ0v) is 17.7. The van der Waals surface area contributed by atoms with E-state index in [2.05, 4.69) is 10.6 Å². The molecule has 0 saturated heterocycles. The Balaban J connectivity index is 2.35. The van der Waals surface area contributed by atoms with Crippen molar-refractivity contribution in [1.82, 2.24) is 10.6 Å². The standard InChI is InChI=1S/C22H23FN2O7/c1-30-17-11-14(12-18(31-2)20(17)32-3)21(28)25-16(22(29)24-9-8-19(26)27)10-13-4-6-15(23)7-5-13/h4-7,10-12H,8-9H2,1-3H3,(H,24,29)(H,25,28)(H,26,27). The lowest BCUT2D eigenvalue weighted by Gasteiger charge is -2.15. The summed E-state index contributed by atoms with van der Waals surface area (Å²) in [5, 5.41) is 13.7. The average molecular weight is 446 g/mol. The molecule has 0 radical (unpaired) electrons. The molecular formula is C22H23FN2O7. The maximum Gasteiger partial charge on any atom is 0.305 e. The Morgan fingerprint density at radius 3 is 2.09 bits per heavy atom. The van der Waals surface area contributed by atoms with Gasteiger partial charge in [-0.3, -0.25) is 14.4 Å². The molecule has 10 heteroatoms. The largest absolute Gasteiger partial charge is 0.493 e. The summed E-state index contributed by atoms with van der Waals surface area (Å²) >= 11 is 0. The highest BCUT2D eigenvalue weighted by Crippen LogP contribution is 2.38. The van der Waals surface area contributed by atoms with Gasteiger partial charge in [-0.1, -0.05) is 12.1 Å². The van der Waals surface area contributed by atoms with Crippen LogP contribution in [0.2, 0.25) is 0 Å². The highest BCUT2D eigenvalue weighted by Gasteiger charge is 2.20. The van der Waals surface area contributed by atoms with E-state index < -0.39 is 23.6 Å². The summed E-state index contributed by atoms with van der Waals surface area (Å²) in [7, 11) is 4.22. The number of carbonyl (C=O) groups excluding carboxylic acids is 2. The van der Waals surface area contributed by atoms with Gasteiger partial charge in [0.05, 0.1) is 27.8 Å². The summed E-state index contributed by atoms with van der Waals surface area (Å²) in [6.45, 7) is -0.144. The Morgan fingerprint density at radius 1 is 1.00 bits per heavy atom. The highest BCUT2D eigenvalue weighted by molar-refractivity contribution is 6.05. The quantitative estimate of drug-likeness (QED) is 0.478. The third-order valence-electron chi connectivity index (χ3n) is 4.23. The Morgan fingerprint density at radius 2 is 1.59 bits per heavy atom. The molecule has 2 rings (SSSR count). The molecule has 2 amide bonds. The minimum absolute atomic E-state index is 0.114. The topological polar surface area (TPSA) is 123 Å². The number of rotatable bonds is 10. The summed E-state index contributed by atoms with van der Waals surface area (Å²) in [5.74, 6) is -2.15. The van der Waals surface area contributed by atoms with Gasteiger partial charge in [-0.15, -0.1) is 0 Å². The van der Waals surface area contributed by atoms with Crippen molar-refractivity contribution in [2.45, 2.75) is 6.42 Å². The first-order chi connectivity index (χ1) is 15.3. The van der Waals surface area contributed by atoms with E-state index in [1.165, 1.54) is 63.8 Å². The summed E-state index contributed by atoms with van der Waals surface area (Å²) in [6.07, 6.45) is 1.04. The van der Waals surface area contributed by atoms with Crippen molar-refractivity contribution in [3.8, 4) is 17.2 Å². The van der Waals surface area contributed by atoms with Gasteiger partial charge < -0.3 is 30.0 Å². The minimum Gasteiger partial charge on any atom is -0.493 e. The smallest absolute Gasteiger partial charge is 0.305 e. The Bertz CT molecular complexity index is 994. The van der Waals surface area contributed by atoms with E-state index >= 15 is 0 Å². The highest BCUT2D eigenvalue weighted by atomic mass is 19.1. The zero-order valence-electron chi connectivity index (χ0n) is 17.7. The summed E-state index contributed by atoms with van der Waals surface area (Å²) in [5.41, 5.74) is 0.392. The lowest BCUT2D eigenvalue weighted by atomic mass is 10.1. The minimum atomic E-state index is -1.09. The van der Waals surface area contributed by atoms with Crippen molar-refractivity contribution in [1.29, 1.82) is 0 Å². The molecule has 3 N–H and O–H groups in total. The van der Waals surface area contributed by atoms with Gasteiger partial charge in [0.25, 0.3) is 11.8 Å². The first-order valence-corrected chi connectivity index (χ1v) is 9.37. The number of carbonyl (C=O) groups is 3. The number of hydrogen-bond acceptors (Lipinski definition) is 6. The van der Waals surface area contributed by atoms with E-state index in [4.69, 9.17) is 19.3 Å². The number of hydrogen-bond donors (Lipinski definition) is 3. The second-order valence-electron chi connectivity index (χ2n) is 6.38. The van der Waals surface area contributed by atoms with Crippen molar-refractivity contribution in [2.75, 3.05) is 27.9 Å². The van der Waals surface area contributed by atoms with Gasteiger partial charge in [0.15, 0.2) is 11.5 Å². The summed E-state index contributed by atoms with van der Waals surface area (Å²) in [4.78, 5) is 36.2. The molecule has 2 aromatic rings. The molecule has 0 aliphatic heterocycles. The zero-order chi connectivity index (χ0) is 23.7. The Kier molecular flexibility index (Phi) is 8.58. The van der Waals surface area contributed by atoms with E-state index in [0.29, 0.717) is 11.3 Å². The normalized spacial score (nSPS) is 10.8. The fourth-order valence-electron chi connectivity index (χ4n) is 2.67. The number of aliphatic carboxylic acids is 1. The van der Waals surface area contributed by atoms with Gasteiger partial charge in [-0.2, -0.15) is 0 Å². The number of nitrogens with one attached hydrogen (secondary N) is 2. The van der Waals surface area contributed by atoms with Crippen LogP contribution in [0.3, 0.4) is 0 Å². The van der Waals surface area contributed by atoms with Gasteiger partial charge >= 0.3 is 5.97 Å². The van der Waals surface area contributed by atoms with Crippen molar-refractivity contribution < 1.29 is 38.1 Å². The van der Waals surface area contributed by atoms with E-state index in [0.717, 1.165) is 0 Å². The van der Waals surface area contributed by atoms with Crippen molar-refractivity contribution in [3.05, 3.63) is 59.0 Å². The molecule has 0 heterocycles. The SMILES string of the molecule is COc1cc(C(=O)NC(=Cc2ccc(F)cc2)C(=O)NCCC(=O)O)cc(OC)c1OC. The van der Waals surface area contributed by atoms with Crippen LogP contribution in [-0.2, 0) is 9.59 Å².